The van der Waals surface area contributed by atoms with Gasteiger partial charge in [0.1, 0.15) is 26.4 Å². The fourth-order valence-electron chi connectivity index (χ4n) is 11.3. The Kier molecular flexibility index (Phi) is 36.2. The summed E-state index contributed by atoms with van der Waals surface area (Å²) in [6.45, 7) is 24.3. The molecular weight excluding hydrogens is 1050 g/mol. The van der Waals surface area contributed by atoms with Gasteiger partial charge in [-0.15, -0.1) is 0 Å². The van der Waals surface area contributed by atoms with Crippen LogP contribution < -0.4 is 10.6 Å². The Balaban J connectivity index is 1.37. The van der Waals surface area contributed by atoms with Crippen molar-refractivity contribution in [1.82, 2.24) is 10.6 Å². The van der Waals surface area contributed by atoms with Crippen molar-refractivity contribution >= 4 is 48.0 Å². The predicted molar refractivity (Wildman–Crippen MR) is 300 cm³/mol. The van der Waals surface area contributed by atoms with Crippen molar-refractivity contribution in [2.75, 3.05) is 106 Å². The van der Waals surface area contributed by atoms with Gasteiger partial charge in [-0.25, -0.2) is 19.2 Å². The number of hydrogen-bond acceptors (Lipinski definition) is 19. The van der Waals surface area contributed by atoms with Crippen molar-refractivity contribution in [3.8, 4) is 0 Å². The number of amides is 2. The van der Waals surface area contributed by atoms with Gasteiger partial charge in [-0.2, -0.15) is 0 Å². The summed E-state index contributed by atoms with van der Waals surface area (Å²) >= 11 is 0. The van der Waals surface area contributed by atoms with Crippen LogP contribution >= 0.6 is 0 Å². The van der Waals surface area contributed by atoms with E-state index in [1.807, 2.05) is 0 Å². The van der Waals surface area contributed by atoms with Gasteiger partial charge in [0, 0.05) is 77.4 Å². The molecule has 2 amide bonds. The van der Waals surface area contributed by atoms with E-state index in [-0.39, 0.29) is 123 Å². The molecule has 2 rings (SSSR count). The van der Waals surface area contributed by atoms with Crippen LogP contribution in [0.4, 0.5) is 9.59 Å². The molecule has 2 aliphatic carbocycles. The molecule has 0 radical (unpaired) electrons. The Bertz CT molecular complexity index is 1910. The monoisotopic (exact) mass is 1150 g/mol. The maximum Gasteiger partial charge on any atom is 0.407 e. The Morgan fingerprint density at radius 1 is 0.383 bits per heavy atom. The summed E-state index contributed by atoms with van der Waals surface area (Å²) in [6, 6.07) is 0. The molecule has 21 nitrogen and oxygen atoms in total. The van der Waals surface area contributed by atoms with Crippen LogP contribution in [0.2, 0.25) is 0 Å². The lowest BCUT2D eigenvalue weighted by Gasteiger charge is -2.46. The third-order valence-electron chi connectivity index (χ3n) is 13.9. The zero-order valence-corrected chi connectivity index (χ0v) is 49.9. The van der Waals surface area contributed by atoms with Gasteiger partial charge in [0.25, 0.3) is 0 Å². The molecule has 2 saturated carbocycles. The first-order chi connectivity index (χ1) is 38.6. The highest BCUT2D eigenvalue weighted by Crippen LogP contribution is 2.50. The Hall–Kier alpha value is -5.28. The summed E-state index contributed by atoms with van der Waals surface area (Å²) in [4.78, 5) is 96.5. The molecule has 0 aromatic carbocycles. The SMILES string of the molecule is C=CC(=O)OCCOCCOC(=O)CC1CC(C)(C)CC(C)(CNC(=O)OCCCCOCCCCOC(=O)CCCCC(=O)OCCCCOCCCCOC(=O)CC2CC(C)(C)CC(C)(CNC(=O)OCCOC(=O)C=C)C2)C1. The van der Waals surface area contributed by atoms with Gasteiger partial charge >= 0.3 is 48.0 Å². The van der Waals surface area contributed by atoms with Gasteiger partial charge in [-0.3, -0.25) is 19.2 Å². The van der Waals surface area contributed by atoms with E-state index in [4.69, 9.17) is 52.1 Å². The fourth-order valence-corrected chi connectivity index (χ4v) is 11.3. The van der Waals surface area contributed by atoms with Gasteiger partial charge in [0.15, 0.2) is 0 Å². The first-order valence-corrected chi connectivity index (χ1v) is 29.3. The molecule has 81 heavy (non-hydrogen) atoms. The van der Waals surface area contributed by atoms with E-state index in [1.54, 1.807) is 0 Å². The van der Waals surface area contributed by atoms with Crippen LogP contribution in [0, 0.1) is 33.5 Å². The maximum atomic E-state index is 12.7. The Morgan fingerprint density at radius 3 is 1.10 bits per heavy atom. The number of carbonyl (C=O) groups excluding carboxylic acids is 8. The maximum absolute atomic E-state index is 12.7. The molecule has 0 aliphatic heterocycles. The number of esters is 6. The molecule has 21 heteroatoms. The van der Waals surface area contributed by atoms with E-state index in [0.717, 1.165) is 76.4 Å². The molecule has 4 atom stereocenters. The van der Waals surface area contributed by atoms with Crippen LogP contribution in [0.15, 0.2) is 25.3 Å². The normalized spacial score (nSPS) is 19.9. The summed E-state index contributed by atoms with van der Waals surface area (Å²) < 4.78 is 58.4. The van der Waals surface area contributed by atoms with Crippen molar-refractivity contribution in [3.05, 3.63) is 25.3 Å². The van der Waals surface area contributed by atoms with E-state index in [0.29, 0.717) is 104 Å². The summed E-state index contributed by atoms with van der Waals surface area (Å²) in [5.41, 5.74) is -0.471. The molecule has 0 bridgehead atoms. The second kappa shape index (κ2) is 40.8. The number of unbranched alkanes of at least 4 members (excludes halogenated alkanes) is 5. The minimum absolute atomic E-state index is 0.0157. The summed E-state index contributed by atoms with van der Waals surface area (Å²) in [5, 5.41) is 5.75. The number of nitrogens with one attached hydrogen (secondary N) is 2. The number of alkyl carbamates (subject to hydrolysis) is 2. The minimum atomic E-state index is -0.585. The van der Waals surface area contributed by atoms with Crippen LogP contribution in [0.5, 0.6) is 0 Å². The van der Waals surface area contributed by atoms with E-state index in [2.05, 4.69) is 65.3 Å². The molecule has 0 aromatic rings. The highest BCUT2D eigenvalue weighted by molar-refractivity contribution is 5.81. The number of hydrogen-bond donors (Lipinski definition) is 2. The standard InChI is InChI=1S/C60H100N2O19/c1-9-49(63)77-33-31-73-32-34-79-54(68)38-48-40-58(5,6)43-59(7,42-48)45-61-55(69)80-30-20-16-26-72-24-14-18-28-75-52(66)22-12-11-21-51(65)74-27-17-13-23-71-25-15-19-29-76-53(67)37-47-39-57(3,4)44-60(8,41-47)46-62-56(70)81-36-35-78-50(64)10-2/h9-10,47-48H,1-2,11-46H2,3-8H3,(H,61,69)(H,62,70). The summed E-state index contributed by atoms with van der Waals surface area (Å²) in [7, 11) is 0. The highest BCUT2D eigenvalue weighted by Gasteiger charge is 2.43. The van der Waals surface area contributed by atoms with Gasteiger partial charge in [0.05, 0.1) is 39.6 Å². The van der Waals surface area contributed by atoms with E-state index in [1.165, 1.54) is 0 Å². The zero-order chi connectivity index (χ0) is 59.8. The molecule has 0 saturated heterocycles. The third kappa shape index (κ3) is 37.4. The third-order valence-corrected chi connectivity index (χ3v) is 13.9. The lowest BCUT2D eigenvalue weighted by Crippen LogP contribution is -2.44. The van der Waals surface area contributed by atoms with Crippen molar-refractivity contribution in [2.24, 2.45) is 33.5 Å². The molecular formula is C60H100N2O19. The smallest absolute Gasteiger partial charge is 0.407 e. The van der Waals surface area contributed by atoms with E-state index >= 15 is 0 Å². The largest absolute Gasteiger partial charge is 0.466 e. The van der Waals surface area contributed by atoms with Gasteiger partial charge in [-0.1, -0.05) is 54.7 Å². The van der Waals surface area contributed by atoms with Crippen LogP contribution in [0.3, 0.4) is 0 Å². The van der Waals surface area contributed by atoms with Crippen LogP contribution in [-0.4, -0.2) is 154 Å². The van der Waals surface area contributed by atoms with Gasteiger partial charge < -0.3 is 62.7 Å². The number of ether oxygens (including phenoxy) is 11. The first kappa shape index (κ1) is 71.8. The zero-order valence-electron chi connectivity index (χ0n) is 49.9. The van der Waals surface area contributed by atoms with Gasteiger partial charge in [0.2, 0.25) is 0 Å². The Morgan fingerprint density at radius 2 is 0.691 bits per heavy atom. The lowest BCUT2D eigenvalue weighted by atomic mass is 9.60. The molecule has 4 unspecified atom stereocenters. The van der Waals surface area contributed by atoms with Crippen molar-refractivity contribution in [2.45, 2.75) is 170 Å². The number of carbonyl (C=O) groups is 8. The highest BCUT2D eigenvalue weighted by atomic mass is 16.6. The van der Waals surface area contributed by atoms with E-state index in [9.17, 15) is 38.4 Å². The topological polar surface area (TPSA) is 262 Å². The molecule has 2 fully saturated rings. The van der Waals surface area contributed by atoms with Crippen molar-refractivity contribution in [1.29, 1.82) is 0 Å². The summed E-state index contributed by atoms with van der Waals surface area (Å²) in [5.74, 6) is -1.97. The number of rotatable bonds is 44. The summed E-state index contributed by atoms with van der Waals surface area (Å²) in [6.07, 6.45) is 13.9. The Labute approximate surface area is 482 Å². The van der Waals surface area contributed by atoms with Crippen LogP contribution in [-0.2, 0) is 80.9 Å². The van der Waals surface area contributed by atoms with Crippen molar-refractivity contribution in [3.63, 3.8) is 0 Å². The average Bonchev–Trinajstić information content (AvgIpc) is 3.39. The molecule has 464 valence electrons. The predicted octanol–water partition coefficient (Wildman–Crippen LogP) is 9.25. The molecule has 0 aromatic heterocycles. The van der Waals surface area contributed by atoms with E-state index < -0.39 is 24.1 Å². The average molecular weight is 1150 g/mol. The lowest BCUT2D eigenvalue weighted by molar-refractivity contribution is -0.148. The minimum Gasteiger partial charge on any atom is -0.466 e. The molecule has 2 aliphatic rings. The van der Waals surface area contributed by atoms with Gasteiger partial charge in [-0.05, 0) is 136 Å². The molecule has 0 spiro atoms. The second-order valence-electron chi connectivity index (χ2n) is 23.7. The molecule has 2 N–H and O–H groups in total. The van der Waals surface area contributed by atoms with Crippen LogP contribution in [0.1, 0.15) is 170 Å². The van der Waals surface area contributed by atoms with Crippen molar-refractivity contribution < 1.29 is 90.5 Å². The quantitative estimate of drug-likeness (QED) is 0.0249. The fraction of sp³-hybridized carbons (Fsp3) is 0.800. The second-order valence-corrected chi connectivity index (χ2v) is 23.7. The molecule has 0 heterocycles. The first-order valence-electron chi connectivity index (χ1n) is 29.3. The van der Waals surface area contributed by atoms with Crippen LogP contribution in [0.25, 0.3) is 0 Å².